The van der Waals surface area contributed by atoms with Gasteiger partial charge in [-0.2, -0.15) is 0 Å². The summed E-state index contributed by atoms with van der Waals surface area (Å²) >= 11 is 0. The molecule has 31 heavy (non-hydrogen) atoms. The van der Waals surface area contributed by atoms with E-state index in [0.29, 0.717) is 29.5 Å². The van der Waals surface area contributed by atoms with Crippen molar-refractivity contribution >= 4 is 17.2 Å². The lowest BCUT2D eigenvalue weighted by Gasteiger charge is -2.26. The fourth-order valence-electron chi connectivity index (χ4n) is 3.72. The fraction of sp³-hybridized carbons (Fsp3) is 0.364. The third-order valence-corrected chi connectivity index (χ3v) is 5.75. The molecule has 0 saturated heterocycles. The van der Waals surface area contributed by atoms with Gasteiger partial charge in [-0.05, 0) is 25.8 Å². The number of nitrogens with two attached hydrogens (primary N) is 1. The van der Waals surface area contributed by atoms with Gasteiger partial charge in [-0.3, -0.25) is 5.41 Å². The van der Waals surface area contributed by atoms with Gasteiger partial charge >= 0.3 is 0 Å². The number of hydrogen-bond donors (Lipinski definition) is 2. The molecule has 1 saturated carbocycles. The van der Waals surface area contributed by atoms with Crippen LogP contribution < -0.4 is 15.4 Å². The second-order valence-electron chi connectivity index (χ2n) is 8.33. The summed E-state index contributed by atoms with van der Waals surface area (Å²) in [5.74, 6) is 1.82. The van der Waals surface area contributed by atoms with E-state index in [4.69, 9.17) is 20.3 Å². The zero-order valence-corrected chi connectivity index (χ0v) is 17.4. The van der Waals surface area contributed by atoms with Crippen molar-refractivity contribution in [1.82, 2.24) is 15.0 Å². The number of aryl methyl sites for hydroxylation is 1. The molecule has 9 heteroatoms. The molecule has 3 heterocycles. The van der Waals surface area contributed by atoms with Crippen molar-refractivity contribution in [3.8, 4) is 5.75 Å². The number of aromatic nitrogens is 3. The Morgan fingerprint density at radius 3 is 2.87 bits per heavy atom. The number of nitrogens with zero attached hydrogens (tertiary/aromatic N) is 4. The molecule has 0 radical (unpaired) electrons. The lowest BCUT2D eigenvalue weighted by atomic mass is 10.0. The standard InChI is InChI=1S/C22H23FN6O2/c1-12-28-17-10-29(6-3-18(17)30-12)20-9-16(26-11-27-20)21(25)13-7-19(14(23)8-15(13)24)31-22(2)4-5-22/h7-9,11,25H,3-6,10,24H2,1-2H3. The van der Waals surface area contributed by atoms with Crippen LogP contribution in [0.1, 0.15) is 48.4 Å². The number of benzene rings is 1. The SMILES string of the molecule is Cc1nc2c(o1)CCN(c1cc(C(=N)c3cc(OC4(C)CC4)c(F)cc3N)ncn1)C2. The Morgan fingerprint density at radius 1 is 1.29 bits per heavy atom. The average molecular weight is 422 g/mol. The molecule has 1 aliphatic carbocycles. The Bertz CT molecular complexity index is 1190. The van der Waals surface area contributed by atoms with Crippen LogP contribution in [0.5, 0.6) is 5.75 Å². The normalized spacial score (nSPS) is 16.7. The zero-order chi connectivity index (χ0) is 21.8. The van der Waals surface area contributed by atoms with E-state index in [0.717, 1.165) is 37.3 Å². The van der Waals surface area contributed by atoms with Crippen molar-refractivity contribution in [3.05, 3.63) is 58.9 Å². The Hall–Kier alpha value is -3.49. The first-order valence-corrected chi connectivity index (χ1v) is 10.2. The van der Waals surface area contributed by atoms with E-state index < -0.39 is 5.82 Å². The van der Waals surface area contributed by atoms with Crippen molar-refractivity contribution in [2.75, 3.05) is 17.2 Å². The van der Waals surface area contributed by atoms with Crippen LogP contribution in [0.3, 0.4) is 0 Å². The average Bonchev–Trinajstić information content (AvgIpc) is 3.35. The maximum Gasteiger partial charge on any atom is 0.191 e. The van der Waals surface area contributed by atoms with Crippen LogP contribution in [0.25, 0.3) is 0 Å². The Morgan fingerprint density at radius 2 is 2.10 bits per heavy atom. The number of oxazole rings is 1. The monoisotopic (exact) mass is 422 g/mol. The Kier molecular flexibility index (Phi) is 4.42. The molecule has 0 amide bonds. The highest BCUT2D eigenvalue weighted by atomic mass is 19.1. The van der Waals surface area contributed by atoms with Gasteiger partial charge in [0.2, 0.25) is 0 Å². The molecule has 2 aliphatic rings. The molecule has 3 aromatic rings. The van der Waals surface area contributed by atoms with Gasteiger partial charge in [-0.25, -0.2) is 19.3 Å². The van der Waals surface area contributed by atoms with Gasteiger partial charge in [0.05, 0.1) is 18.0 Å². The number of nitrogens with one attached hydrogen (secondary N) is 1. The maximum atomic E-state index is 14.4. The summed E-state index contributed by atoms with van der Waals surface area (Å²) in [5.41, 5.74) is 7.61. The lowest BCUT2D eigenvalue weighted by Crippen LogP contribution is -2.31. The van der Waals surface area contributed by atoms with Crippen LogP contribution in [0, 0.1) is 18.2 Å². The second-order valence-corrected chi connectivity index (χ2v) is 8.33. The molecule has 0 unspecified atom stereocenters. The largest absolute Gasteiger partial charge is 0.484 e. The Labute approximate surface area is 178 Å². The summed E-state index contributed by atoms with van der Waals surface area (Å²) in [7, 11) is 0. The van der Waals surface area contributed by atoms with E-state index in [1.165, 1.54) is 18.5 Å². The van der Waals surface area contributed by atoms with E-state index >= 15 is 0 Å². The van der Waals surface area contributed by atoms with Crippen molar-refractivity contribution in [2.45, 2.75) is 45.3 Å². The minimum absolute atomic E-state index is 0.0851. The van der Waals surface area contributed by atoms with Crippen molar-refractivity contribution in [1.29, 1.82) is 5.41 Å². The van der Waals surface area contributed by atoms with Gasteiger partial charge in [0.15, 0.2) is 17.5 Å². The third-order valence-electron chi connectivity index (χ3n) is 5.75. The van der Waals surface area contributed by atoms with Crippen molar-refractivity contribution in [2.24, 2.45) is 0 Å². The summed E-state index contributed by atoms with van der Waals surface area (Å²) in [5, 5.41) is 8.66. The molecular formula is C22H23FN6O2. The second kappa shape index (κ2) is 7.04. The molecule has 5 rings (SSSR count). The highest BCUT2D eigenvalue weighted by molar-refractivity contribution is 6.13. The quantitative estimate of drug-likeness (QED) is 0.478. The smallest absolute Gasteiger partial charge is 0.191 e. The predicted octanol–water partition coefficient (Wildman–Crippen LogP) is 3.40. The van der Waals surface area contributed by atoms with E-state index in [9.17, 15) is 4.39 Å². The van der Waals surface area contributed by atoms with Crippen LogP contribution in [0.4, 0.5) is 15.9 Å². The number of halogens is 1. The van der Waals surface area contributed by atoms with Gasteiger partial charge < -0.3 is 19.8 Å². The molecule has 1 aromatic carbocycles. The maximum absolute atomic E-state index is 14.4. The summed E-state index contributed by atoms with van der Waals surface area (Å²) in [6.45, 7) is 5.07. The summed E-state index contributed by atoms with van der Waals surface area (Å²) in [4.78, 5) is 15.1. The van der Waals surface area contributed by atoms with Gasteiger partial charge in [-0.1, -0.05) is 0 Å². The minimum Gasteiger partial charge on any atom is -0.484 e. The fourth-order valence-corrected chi connectivity index (χ4v) is 3.72. The van der Waals surface area contributed by atoms with E-state index in [2.05, 4.69) is 19.9 Å². The number of ether oxygens (including phenoxy) is 1. The van der Waals surface area contributed by atoms with Crippen LogP contribution >= 0.6 is 0 Å². The molecule has 0 spiro atoms. The summed E-state index contributed by atoms with van der Waals surface area (Å²) in [6.07, 6.45) is 3.91. The minimum atomic E-state index is -0.530. The van der Waals surface area contributed by atoms with Gasteiger partial charge in [-0.15, -0.1) is 0 Å². The van der Waals surface area contributed by atoms with E-state index in [1.54, 1.807) is 6.07 Å². The van der Waals surface area contributed by atoms with E-state index in [1.807, 2.05) is 13.8 Å². The van der Waals surface area contributed by atoms with E-state index in [-0.39, 0.29) is 22.7 Å². The third kappa shape index (κ3) is 3.71. The zero-order valence-electron chi connectivity index (χ0n) is 17.4. The van der Waals surface area contributed by atoms with Crippen LogP contribution in [-0.4, -0.2) is 32.8 Å². The Balaban J connectivity index is 1.42. The lowest BCUT2D eigenvalue weighted by molar-refractivity contribution is 0.191. The van der Waals surface area contributed by atoms with Gasteiger partial charge in [0.25, 0.3) is 0 Å². The molecule has 1 aliphatic heterocycles. The first-order chi connectivity index (χ1) is 14.8. The molecular weight excluding hydrogens is 399 g/mol. The molecule has 3 N–H and O–H groups in total. The van der Waals surface area contributed by atoms with Gasteiger partial charge in [0, 0.05) is 43.3 Å². The first-order valence-electron chi connectivity index (χ1n) is 10.2. The number of anilines is 2. The van der Waals surface area contributed by atoms with Crippen molar-refractivity contribution < 1.29 is 13.5 Å². The number of hydrogen-bond acceptors (Lipinski definition) is 8. The molecule has 0 atom stereocenters. The van der Waals surface area contributed by atoms with Gasteiger partial charge in [0.1, 0.15) is 29.2 Å². The van der Waals surface area contributed by atoms with Crippen molar-refractivity contribution in [3.63, 3.8) is 0 Å². The first kappa shape index (κ1) is 19.5. The van der Waals surface area contributed by atoms with Crippen LogP contribution in [0.2, 0.25) is 0 Å². The number of fused-ring (bicyclic) bond motifs is 1. The molecule has 1 fully saturated rings. The molecule has 160 valence electrons. The molecule has 2 aromatic heterocycles. The molecule has 0 bridgehead atoms. The van der Waals surface area contributed by atoms with Crippen LogP contribution in [-0.2, 0) is 13.0 Å². The predicted molar refractivity (Wildman–Crippen MR) is 113 cm³/mol. The number of nitrogen functional groups attached to an aromatic ring is 1. The highest BCUT2D eigenvalue weighted by Gasteiger charge is 2.40. The summed E-state index contributed by atoms with van der Waals surface area (Å²) in [6, 6.07) is 4.43. The molecule has 8 nitrogen and oxygen atoms in total. The number of rotatable bonds is 5. The summed E-state index contributed by atoms with van der Waals surface area (Å²) < 4.78 is 25.8. The topological polar surface area (TPSA) is 114 Å². The highest BCUT2D eigenvalue weighted by Crippen LogP contribution is 2.41. The van der Waals surface area contributed by atoms with Crippen LogP contribution in [0.15, 0.2) is 28.9 Å².